The van der Waals surface area contributed by atoms with Crippen molar-refractivity contribution in [2.45, 2.75) is 39.5 Å². The highest BCUT2D eigenvalue weighted by atomic mass is 127. The summed E-state index contributed by atoms with van der Waals surface area (Å²) in [6, 6.07) is 18.7. The van der Waals surface area contributed by atoms with Crippen LogP contribution in [0.2, 0.25) is 0 Å². The van der Waals surface area contributed by atoms with Crippen molar-refractivity contribution in [2.75, 3.05) is 26.8 Å². The van der Waals surface area contributed by atoms with Gasteiger partial charge in [0.05, 0.1) is 12.7 Å². The SMILES string of the molecule is CCOCc1ccc(CNC(=NC)NCCCOC(C)c2ccccc2)cc1.I. The van der Waals surface area contributed by atoms with Crippen molar-refractivity contribution < 1.29 is 9.47 Å². The third-order valence-electron chi connectivity index (χ3n) is 4.43. The Bertz CT molecular complexity index is 693. The van der Waals surface area contributed by atoms with Gasteiger partial charge in [-0.25, -0.2) is 0 Å². The maximum absolute atomic E-state index is 5.90. The lowest BCUT2D eigenvalue weighted by molar-refractivity contribution is 0.0646. The van der Waals surface area contributed by atoms with Crippen molar-refractivity contribution in [1.29, 1.82) is 0 Å². The van der Waals surface area contributed by atoms with Crippen LogP contribution in [0.5, 0.6) is 0 Å². The summed E-state index contributed by atoms with van der Waals surface area (Å²) < 4.78 is 11.3. The van der Waals surface area contributed by atoms with Crippen LogP contribution < -0.4 is 10.6 Å². The molecule has 29 heavy (non-hydrogen) atoms. The number of guanidine groups is 1. The van der Waals surface area contributed by atoms with Crippen LogP contribution in [0.25, 0.3) is 0 Å². The van der Waals surface area contributed by atoms with Crippen molar-refractivity contribution >= 4 is 29.9 Å². The summed E-state index contributed by atoms with van der Waals surface area (Å²) in [7, 11) is 1.79. The van der Waals surface area contributed by atoms with E-state index in [1.807, 2.05) is 25.1 Å². The number of ether oxygens (including phenoxy) is 2. The number of nitrogens with zero attached hydrogens (tertiary/aromatic N) is 1. The van der Waals surface area contributed by atoms with Crippen LogP contribution in [-0.2, 0) is 22.6 Å². The zero-order valence-corrected chi connectivity index (χ0v) is 20.0. The fourth-order valence-electron chi connectivity index (χ4n) is 2.74. The van der Waals surface area contributed by atoms with E-state index in [1.165, 1.54) is 16.7 Å². The lowest BCUT2D eigenvalue weighted by Crippen LogP contribution is -2.37. The molecule has 0 aliphatic heterocycles. The molecule has 0 heterocycles. The second-order valence-corrected chi connectivity index (χ2v) is 6.58. The average Bonchev–Trinajstić information content (AvgIpc) is 2.75. The van der Waals surface area contributed by atoms with Crippen LogP contribution in [0.15, 0.2) is 59.6 Å². The summed E-state index contributed by atoms with van der Waals surface area (Å²) in [4.78, 5) is 4.28. The molecule has 0 saturated heterocycles. The lowest BCUT2D eigenvalue weighted by Gasteiger charge is -2.15. The summed E-state index contributed by atoms with van der Waals surface area (Å²) in [6.45, 7) is 7.75. The van der Waals surface area contributed by atoms with E-state index < -0.39 is 0 Å². The quantitative estimate of drug-likeness (QED) is 0.199. The molecule has 6 heteroatoms. The molecular formula is C23H34IN3O2. The van der Waals surface area contributed by atoms with Crippen molar-refractivity contribution in [3.8, 4) is 0 Å². The molecule has 2 aromatic carbocycles. The van der Waals surface area contributed by atoms with Gasteiger partial charge >= 0.3 is 0 Å². The van der Waals surface area contributed by atoms with E-state index in [-0.39, 0.29) is 30.1 Å². The second-order valence-electron chi connectivity index (χ2n) is 6.58. The van der Waals surface area contributed by atoms with Gasteiger partial charge in [-0.2, -0.15) is 0 Å². The molecule has 5 nitrogen and oxygen atoms in total. The number of rotatable bonds is 11. The first-order valence-corrected chi connectivity index (χ1v) is 9.99. The van der Waals surface area contributed by atoms with Gasteiger partial charge in [-0.3, -0.25) is 4.99 Å². The third-order valence-corrected chi connectivity index (χ3v) is 4.43. The van der Waals surface area contributed by atoms with Gasteiger partial charge in [-0.05, 0) is 37.0 Å². The number of hydrogen-bond donors (Lipinski definition) is 2. The molecule has 0 spiro atoms. The Morgan fingerprint density at radius 3 is 2.34 bits per heavy atom. The molecule has 0 aromatic heterocycles. The minimum Gasteiger partial charge on any atom is -0.377 e. The molecular weight excluding hydrogens is 477 g/mol. The number of nitrogens with one attached hydrogen (secondary N) is 2. The van der Waals surface area contributed by atoms with Crippen molar-refractivity contribution in [2.24, 2.45) is 4.99 Å². The van der Waals surface area contributed by atoms with E-state index >= 15 is 0 Å². The highest BCUT2D eigenvalue weighted by Crippen LogP contribution is 2.15. The van der Waals surface area contributed by atoms with Gasteiger partial charge in [0.25, 0.3) is 0 Å². The number of hydrogen-bond acceptors (Lipinski definition) is 3. The average molecular weight is 511 g/mol. The number of halogens is 1. The first-order valence-electron chi connectivity index (χ1n) is 9.99. The molecule has 0 bridgehead atoms. The lowest BCUT2D eigenvalue weighted by atomic mass is 10.1. The van der Waals surface area contributed by atoms with Gasteiger partial charge in [0.15, 0.2) is 5.96 Å². The van der Waals surface area contributed by atoms with E-state index in [0.29, 0.717) is 13.2 Å². The molecule has 2 aromatic rings. The maximum atomic E-state index is 5.90. The van der Waals surface area contributed by atoms with Crippen LogP contribution in [-0.4, -0.2) is 32.8 Å². The Hall–Kier alpha value is -1.64. The smallest absolute Gasteiger partial charge is 0.191 e. The van der Waals surface area contributed by atoms with E-state index in [1.54, 1.807) is 7.05 Å². The first-order chi connectivity index (χ1) is 13.7. The van der Waals surface area contributed by atoms with Gasteiger partial charge in [-0.15, -0.1) is 24.0 Å². The van der Waals surface area contributed by atoms with Crippen molar-refractivity contribution in [3.63, 3.8) is 0 Å². The van der Waals surface area contributed by atoms with Crippen LogP contribution in [0.1, 0.15) is 43.1 Å². The molecule has 2 rings (SSSR count). The summed E-state index contributed by atoms with van der Waals surface area (Å²) in [5.74, 6) is 0.800. The molecule has 1 atom stereocenters. The van der Waals surface area contributed by atoms with Gasteiger partial charge < -0.3 is 20.1 Å². The highest BCUT2D eigenvalue weighted by Gasteiger charge is 2.04. The summed E-state index contributed by atoms with van der Waals surface area (Å²) in [6.07, 6.45) is 1.04. The second kappa shape index (κ2) is 15.2. The third kappa shape index (κ3) is 10.1. The molecule has 2 N–H and O–H groups in total. The van der Waals surface area contributed by atoms with E-state index in [4.69, 9.17) is 9.47 Å². The predicted octanol–water partition coefficient (Wildman–Crippen LogP) is 4.67. The summed E-state index contributed by atoms with van der Waals surface area (Å²) >= 11 is 0. The molecule has 0 radical (unpaired) electrons. The largest absolute Gasteiger partial charge is 0.377 e. The fourth-order valence-corrected chi connectivity index (χ4v) is 2.74. The van der Waals surface area contributed by atoms with Crippen LogP contribution in [0.4, 0.5) is 0 Å². The topological polar surface area (TPSA) is 54.9 Å². The monoisotopic (exact) mass is 511 g/mol. The highest BCUT2D eigenvalue weighted by molar-refractivity contribution is 14.0. The number of aliphatic imine (C=N–C) groups is 1. The zero-order valence-electron chi connectivity index (χ0n) is 17.7. The Labute approximate surface area is 192 Å². The van der Waals surface area contributed by atoms with Gasteiger partial charge in [0.1, 0.15) is 0 Å². The molecule has 0 aliphatic carbocycles. The summed E-state index contributed by atoms with van der Waals surface area (Å²) in [5.41, 5.74) is 3.61. The minimum absolute atomic E-state index is 0. The van der Waals surface area contributed by atoms with Gasteiger partial charge in [0, 0.05) is 33.4 Å². The molecule has 1 unspecified atom stereocenters. The zero-order chi connectivity index (χ0) is 20.0. The van der Waals surface area contributed by atoms with E-state index in [2.05, 4.69) is 58.9 Å². The van der Waals surface area contributed by atoms with Crippen molar-refractivity contribution in [3.05, 3.63) is 71.3 Å². The Morgan fingerprint density at radius 1 is 1.00 bits per heavy atom. The molecule has 0 fully saturated rings. The Balaban J connectivity index is 0.00000420. The Morgan fingerprint density at radius 2 is 1.69 bits per heavy atom. The normalized spacial score (nSPS) is 12.2. The maximum Gasteiger partial charge on any atom is 0.191 e. The van der Waals surface area contributed by atoms with Gasteiger partial charge in [-0.1, -0.05) is 54.6 Å². The Kier molecular flexibility index (Phi) is 13.3. The number of benzene rings is 2. The summed E-state index contributed by atoms with van der Waals surface area (Å²) in [5, 5.41) is 6.67. The standard InChI is InChI=1S/C23H33N3O2.HI/c1-4-27-18-21-13-11-20(12-14-21)17-26-23(24-3)25-15-8-16-28-19(2)22-9-6-5-7-10-22;/h5-7,9-14,19H,4,8,15-18H2,1-3H3,(H2,24,25,26);1H. The first kappa shape index (κ1) is 25.4. The molecule has 0 aliphatic rings. The minimum atomic E-state index is 0. The van der Waals surface area contributed by atoms with E-state index in [0.717, 1.165) is 32.1 Å². The molecule has 0 amide bonds. The van der Waals surface area contributed by atoms with Gasteiger partial charge in [0.2, 0.25) is 0 Å². The van der Waals surface area contributed by atoms with Crippen LogP contribution >= 0.6 is 24.0 Å². The predicted molar refractivity (Wildman–Crippen MR) is 131 cm³/mol. The molecule has 0 saturated carbocycles. The van der Waals surface area contributed by atoms with Crippen LogP contribution in [0, 0.1) is 0 Å². The molecule has 160 valence electrons. The fraction of sp³-hybridized carbons (Fsp3) is 0.435. The van der Waals surface area contributed by atoms with E-state index in [9.17, 15) is 0 Å². The van der Waals surface area contributed by atoms with Crippen molar-refractivity contribution in [1.82, 2.24) is 10.6 Å². The van der Waals surface area contributed by atoms with Crippen LogP contribution in [0.3, 0.4) is 0 Å².